The lowest BCUT2D eigenvalue weighted by Crippen LogP contribution is -2.38. The molecule has 0 aliphatic heterocycles. The zero-order valence-electron chi connectivity index (χ0n) is 20.2. The Morgan fingerprint density at radius 1 is 1.25 bits per heavy atom. The van der Waals surface area contributed by atoms with E-state index < -0.39 is 28.7 Å². The van der Waals surface area contributed by atoms with Crippen molar-refractivity contribution < 1.29 is 27.8 Å². The molecule has 1 aliphatic rings. The number of nitrogens with zero attached hydrogens (tertiary/aromatic N) is 3. The molecule has 0 unspecified atom stereocenters. The van der Waals surface area contributed by atoms with Crippen molar-refractivity contribution >= 4 is 28.0 Å². The van der Waals surface area contributed by atoms with E-state index >= 15 is 0 Å². The first-order valence-electron chi connectivity index (χ1n) is 11.8. The number of aromatic amines is 1. The smallest absolute Gasteiger partial charge is 0.341 e. The van der Waals surface area contributed by atoms with Gasteiger partial charge in [0.1, 0.15) is 0 Å². The average molecular weight is 501 g/mol. The predicted octanol–water partition coefficient (Wildman–Crippen LogP) is 5.55. The summed E-state index contributed by atoms with van der Waals surface area (Å²) < 4.78 is 50.6. The van der Waals surface area contributed by atoms with Crippen LogP contribution in [0.15, 0.2) is 30.5 Å². The molecule has 0 spiro atoms. The molecule has 3 aromatic heterocycles. The monoisotopic (exact) mass is 500 g/mol. The minimum atomic E-state index is -2.26. The minimum absolute atomic E-state index is 0.124. The van der Waals surface area contributed by atoms with E-state index in [-0.39, 0.29) is 18.8 Å². The third kappa shape index (κ3) is 3.84. The van der Waals surface area contributed by atoms with Crippen LogP contribution >= 0.6 is 0 Å². The molecule has 190 valence electrons. The summed E-state index contributed by atoms with van der Waals surface area (Å²) in [7, 11) is 1.59. The maximum absolute atomic E-state index is 14.9. The second kappa shape index (κ2) is 8.62. The van der Waals surface area contributed by atoms with Crippen LogP contribution in [0.5, 0.6) is 0 Å². The summed E-state index contributed by atoms with van der Waals surface area (Å²) >= 11 is 0. The quantitative estimate of drug-likeness (QED) is 0.362. The van der Waals surface area contributed by atoms with Crippen molar-refractivity contribution in [3.8, 4) is 5.69 Å². The molecule has 0 radical (unpaired) electrons. The summed E-state index contributed by atoms with van der Waals surface area (Å²) in [6.07, 6.45) is 1.99. The number of rotatable bonds is 6. The number of alkyl halides is 1. The standard InChI is InChI=1S/C26H27F3N4O3/c1-25(2,13-36-3)22-20(14-6-8-26(29,9-7-14)24(34)35)21-19(10-15-12-30-32-23(15)31-21)33(22)16-4-5-17(27)18(28)11-16/h4-5,10-12,14H,6-9,13H2,1-3H3,(H,34,35)(H,30,31,32)/t14-,26+. The first-order valence-corrected chi connectivity index (χ1v) is 11.8. The van der Waals surface area contributed by atoms with Crippen LogP contribution in [0.1, 0.15) is 56.7 Å². The first kappa shape index (κ1) is 24.3. The number of methoxy groups -OCH3 is 1. The van der Waals surface area contributed by atoms with E-state index in [4.69, 9.17) is 9.72 Å². The summed E-state index contributed by atoms with van der Waals surface area (Å²) in [5.74, 6) is -3.57. The fourth-order valence-corrected chi connectivity index (χ4v) is 5.54. The van der Waals surface area contributed by atoms with Gasteiger partial charge in [-0.05, 0) is 49.8 Å². The fourth-order valence-electron chi connectivity index (χ4n) is 5.54. The van der Waals surface area contributed by atoms with Crippen LogP contribution in [0.25, 0.3) is 27.8 Å². The number of carbonyl (C=O) groups is 1. The van der Waals surface area contributed by atoms with Gasteiger partial charge in [-0.15, -0.1) is 0 Å². The number of benzene rings is 1. The van der Waals surface area contributed by atoms with Crippen molar-refractivity contribution in [2.24, 2.45) is 0 Å². The molecule has 1 aliphatic carbocycles. The number of aliphatic carboxylic acids is 1. The number of halogens is 3. The largest absolute Gasteiger partial charge is 0.479 e. The molecule has 1 aromatic carbocycles. The van der Waals surface area contributed by atoms with E-state index in [2.05, 4.69) is 10.2 Å². The Hall–Kier alpha value is -3.40. The SMILES string of the molecule is COCC(C)(C)c1c([C@H]2CC[C@](F)(C(=O)O)CC2)c2nc3[nH]ncc3cc2n1-c1ccc(F)c(F)c1. The topological polar surface area (TPSA) is 93.0 Å². The summed E-state index contributed by atoms with van der Waals surface area (Å²) in [6.45, 7) is 4.28. The number of carboxylic acid groups (broad SMARTS) is 1. The molecule has 5 rings (SSSR count). The van der Waals surface area contributed by atoms with Crippen molar-refractivity contribution in [1.29, 1.82) is 0 Å². The summed E-state index contributed by atoms with van der Waals surface area (Å²) in [6, 6.07) is 5.61. The highest BCUT2D eigenvalue weighted by Gasteiger charge is 2.45. The minimum Gasteiger partial charge on any atom is -0.479 e. The van der Waals surface area contributed by atoms with E-state index in [0.717, 1.165) is 28.8 Å². The van der Waals surface area contributed by atoms with Gasteiger partial charge in [0.05, 0.1) is 23.8 Å². The Labute approximate surface area is 205 Å². The molecule has 0 amide bonds. The number of fused-ring (bicyclic) bond motifs is 2. The van der Waals surface area contributed by atoms with Crippen molar-refractivity contribution in [3.63, 3.8) is 0 Å². The molecule has 10 heteroatoms. The third-order valence-corrected chi connectivity index (χ3v) is 7.26. The second-order valence-electron chi connectivity index (χ2n) is 10.2. The van der Waals surface area contributed by atoms with Crippen LogP contribution in [-0.4, -0.2) is 50.2 Å². The molecule has 1 fully saturated rings. The highest BCUT2D eigenvalue weighted by molar-refractivity contribution is 5.94. The molecule has 2 N–H and O–H groups in total. The molecule has 3 heterocycles. The van der Waals surface area contributed by atoms with Crippen LogP contribution < -0.4 is 0 Å². The van der Waals surface area contributed by atoms with Crippen LogP contribution in [0.4, 0.5) is 13.2 Å². The second-order valence-corrected chi connectivity index (χ2v) is 10.2. The van der Waals surface area contributed by atoms with Gasteiger partial charge < -0.3 is 14.4 Å². The molecule has 36 heavy (non-hydrogen) atoms. The van der Waals surface area contributed by atoms with Crippen molar-refractivity contribution in [2.75, 3.05) is 13.7 Å². The molecule has 0 saturated heterocycles. The number of nitrogens with one attached hydrogen (secondary N) is 1. The lowest BCUT2D eigenvalue weighted by atomic mass is 9.74. The van der Waals surface area contributed by atoms with E-state index in [1.165, 1.54) is 6.07 Å². The van der Waals surface area contributed by atoms with Gasteiger partial charge in [0.25, 0.3) is 0 Å². The van der Waals surface area contributed by atoms with Crippen LogP contribution in [0.2, 0.25) is 0 Å². The van der Waals surface area contributed by atoms with Gasteiger partial charge in [0, 0.05) is 40.9 Å². The average Bonchev–Trinajstić information content (AvgIpc) is 3.42. The zero-order chi connectivity index (χ0) is 25.8. The van der Waals surface area contributed by atoms with Crippen molar-refractivity contribution in [1.82, 2.24) is 19.7 Å². The Morgan fingerprint density at radius 2 is 1.97 bits per heavy atom. The normalized spacial score (nSPS) is 20.9. The Balaban J connectivity index is 1.82. The van der Waals surface area contributed by atoms with Gasteiger partial charge in [0.2, 0.25) is 5.67 Å². The molecular formula is C26H27F3N4O3. The van der Waals surface area contributed by atoms with Gasteiger partial charge in [-0.3, -0.25) is 5.10 Å². The van der Waals surface area contributed by atoms with Gasteiger partial charge in [-0.2, -0.15) is 5.10 Å². The van der Waals surface area contributed by atoms with Gasteiger partial charge in [0.15, 0.2) is 17.3 Å². The number of pyridine rings is 1. The maximum Gasteiger partial charge on any atom is 0.341 e. The molecule has 0 bridgehead atoms. The highest BCUT2D eigenvalue weighted by Crippen LogP contribution is 2.47. The van der Waals surface area contributed by atoms with Crippen molar-refractivity contribution in [2.45, 2.75) is 56.5 Å². The van der Waals surface area contributed by atoms with Crippen molar-refractivity contribution in [3.05, 3.63) is 53.4 Å². The lowest BCUT2D eigenvalue weighted by Gasteiger charge is -2.34. The number of hydrogen-bond acceptors (Lipinski definition) is 4. The van der Waals surface area contributed by atoms with E-state index in [1.54, 1.807) is 13.3 Å². The van der Waals surface area contributed by atoms with Gasteiger partial charge in [-0.25, -0.2) is 22.9 Å². The fraction of sp³-hybridized carbons (Fsp3) is 0.423. The molecule has 4 aromatic rings. The number of aromatic nitrogens is 4. The van der Waals surface area contributed by atoms with E-state index in [9.17, 15) is 23.1 Å². The Bertz CT molecular complexity index is 1470. The molecule has 7 nitrogen and oxygen atoms in total. The van der Waals surface area contributed by atoms with Gasteiger partial charge >= 0.3 is 5.97 Å². The van der Waals surface area contributed by atoms with Gasteiger partial charge in [-0.1, -0.05) is 13.8 Å². The van der Waals surface area contributed by atoms with Crippen LogP contribution in [0.3, 0.4) is 0 Å². The summed E-state index contributed by atoms with van der Waals surface area (Å²) in [5, 5.41) is 17.1. The number of hydrogen-bond donors (Lipinski definition) is 2. The third-order valence-electron chi connectivity index (χ3n) is 7.26. The molecular weight excluding hydrogens is 473 g/mol. The van der Waals surface area contributed by atoms with Crippen LogP contribution in [0, 0.1) is 11.6 Å². The number of carboxylic acids is 1. The lowest BCUT2D eigenvalue weighted by molar-refractivity contribution is -0.153. The first-order chi connectivity index (χ1) is 17.1. The number of H-pyrrole nitrogens is 1. The van der Waals surface area contributed by atoms with E-state index in [0.29, 0.717) is 41.8 Å². The van der Waals surface area contributed by atoms with E-state index in [1.807, 2.05) is 24.5 Å². The summed E-state index contributed by atoms with van der Waals surface area (Å²) in [4.78, 5) is 16.4. The predicted molar refractivity (Wildman–Crippen MR) is 128 cm³/mol. The maximum atomic E-state index is 14.9. The summed E-state index contributed by atoms with van der Waals surface area (Å²) in [5.41, 5.74) is 1.01. The Kier molecular flexibility index (Phi) is 5.82. The van der Waals surface area contributed by atoms with Crippen LogP contribution in [-0.2, 0) is 14.9 Å². The molecule has 0 atom stereocenters. The highest BCUT2D eigenvalue weighted by atomic mass is 19.2. The zero-order valence-corrected chi connectivity index (χ0v) is 20.2. The molecule has 1 saturated carbocycles. The Morgan fingerprint density at radius 3 is 2.61 bits per heavy atom. The number of ether oxygens (including phenoxy) is 1.